The van der Waals surface area contributed by atoms with Gasteiger partial charge in [0.25, 0.3) is 0 Å². The zero-order valence-corrected chi connectivity index (χ0v) is 12.7. The van der Waals surface area contributed by atoms with Crippen LogP contribution in [0.3, 0.4) is 0 Å². The van der Waals surface area contributed by atoms with Crippen molar-refractivity contribution < 1.29 is 19.4 Å². The van der Waals surface area contributed by atoms with Crippen molar-refractivity contribution in [2.75, 3.05) is 13.7 Å². The second-order valence-electron chi connectivity index (χ2n) is 5.27. The minimum absolute atomic E-state index is 0.318. The molecule has 0 radical (unpaired) electrons. The van der Waals surface area contributed by atoms with E-state index >= 15 is 0 Å². The van der Waals surface area contributed by atoms with Crippen molar-refractivity contribution in [3.05, 3.63) is 71.8 Å². The number of carbonyl (C=O) groups is 1. The molecule has 2 aromatic carbocycles. The lowest BCUT2D eigenvalue weighted by Crippen LogP contribution is -2.45. The van der Waals surface area contributed by atoms with Crippen LogP contribution in [0, 0.1) is 0 Å². The third-order valence-electron chi connectivity index (χ3n) is 3.87. The molecule has 1 heterocycles. The fraction of sp³-hybridized carbons (Fsp3) is 0.222. The Labute approximate surface area is 134 Å². The highest BCUT2D eigenvalue weighted by molar-refractivity contribution is 5.99. The van der Waals surface area contributed by atoms with Crippen molar-refractivity contribution in [1.82, 2.24) is 0 Å². The van der Waals surface area contributed by atoms with Crippen molar-refractivity contribution in [1.29, 1.82) is 0 Å². The molecule has 3 rings (SSSR count). The fourth-order valence-corrected chi connectivity index (χ4v) is 2.67. The standard InChI is InChI=1S/C18H17NO4/c1-22-17(21)18(12-20)15(13-8-4-2-5-9-13)23-16(19-18)14-10-6-3-7-11-14/h2-11,15,20H,12H2,1H3/t15-,18-/m0/s1. The van der Waals surface area contributed by atoms with Crippen LogP contribution >= 0.6 is 0 Å². The quantitative estimate of drug-likeness (QED) is 0.878. The van der Waals surface area contributed by atoms with Gasteiger partial charge in [-0.25, -0.2) is 9.79 Å². The van der Waals surface area contributed by atoms with E-state index < -0.39 is 24.2 Å². The molecule has 118 valence electrons. The normalized spacial score (nSPS) is 23.0. The highest BCUT2D eigenvalue weighted by atomic mass is 16.5. The Morgan fingerprint density at radius 1 is 1.17 bits per heavy atom. The Morgan fingerprint density at radius 2 is 1.78 bits per heavy atom. The van der Waals surface area contributed by atoms with E-state index in [-0.39, 0.29) is 0 Å². The van der Waals surface area contributed by atoms with Gasteiger partial charge in [-0.05, 0) is 17.7 Å². The second-order valence-corrected chi connectivity index (χ2v) is 5.27. The van der Waals surface area contributed by atoms with Crippen molar-refractivity contribution in [3.63, 3.8) is 0 Å². The minimum Gasteiger partial charge on any atom is -0.467 e. The maximum absolute atomic E-state index is 12.4. The summed E-state index contributed by atoms with van der Waals surface area (Å²) in [5, 5.41) is 9.93. The lowest BCUT2D eigenvalue weighted by molar-refractivity contribution is -0.152. The van der Waals surface area contributed by atoms with E-state index in [1.54, 1.807) is 0 Å². The summed E-state index contributed by atoms with van der Waals surface area (Å²) in [6, 6.07) is 18.5. The molecule has 0 saturated carbocycles. The van der Waals surface area contributed by atoms with Crippen molar-refractivity contribution in [2.24, 2.45) is 4.99 Å². The topological polar surface area (TPSA) is 68.1 Å². The number of aliphatic imine (C=N–C) groups is 1. The van der Waals surface area contributed by atoms with Gasteiger partial charge in [0, 0.05) is 5.56 Å². The number of esters is 1. The van der Waals surface area contributed by atoms with Crippen LogP contribution in [0.25, 0.3) is 0 Å². The number of methoxy groups -OCH3 is 1. The molecule has 1 aliphatic heterocycles. The molecule has 1 N–H and O–H groups in total. The summed E-state index contributed by atoms with van der Waals surface area (Å²) in [6.45, 7) is -0.504. The van der Waals surface area contributed by atoms with E-state index in [4.69, 9.17) is 9.47 Å². The van der Waals surface area contributed by atoms with Gasteiger partial charge in [-0.1, -0.05) is 48.5 Å². The average molecular weight is 311 g/mol. The van der Waals surface area contributed by atoms with Crippen molar-refractivity contribution >= 4 is 11.9 Å². The van der Waals surface area contributed by atoms with Crippen LogP contribution in [-0.2, 0) is 14.3 Å². The first-order valence-electron chi connectivity index (χ1n) is 7.27. The van der Waals surface area contributed by atoms with E-state index in [1.807, 2.05) is 60.7 Å². The highest BCUT2D eigenvalue weighted by Crippen LogP contribution is 2.40. The van der Waals surface area contributed by atoms with Crippen LogP contribution in [0.5, 0.6) is 0 Å². The number of aliphatic hydroxyl groups excluding tert-OH is 1. The molecule has 0 spiro atoms. The molecular weight excluding hydrogens is 294 g/mol. The third kappa shape index (κ3) is 2.59. The third-order valence-corrected chi connectivity index (χ3v) is 3.87. The van der Waals surface area contributed by atoms with Crippen molar-refractivity contribution in [2.45, 2.75) is 11.6 Å². The Bertz CT molecular complexity index is 714. The van der Waals surface area contributed by atoms with E-state index in [9.17, 15) is 9.90 Å². The molecule has 2 aromatic rings. The first-order chi connectivity index (χ1) is 11.2. The molecule has 0 unspecified atom stereocenters. The van der Waals surface area contributed by atoms with Gasteiger partial charge in [0.15, 0.2) is 6.10 Å². The van der Waals surface area contributed by atoms with Gasteiger partial charge in [-0.15, -0.1) is 0 Å². The Balaban J connectivity index is 2.09. The second kappa shape index (κ2) is 6.22. The van der Waals surface area contributed by atoms with Gasteiger partial charge in [0.05, 0.1) is 13.7 Å². The van der Waals surface area contributed by atoms with E-state index in [2.05, 4.69) is 4.99 Å². The van der Waals surface area contributed by atoms with Gasteiger partial charge in [-0.2, -0.15) is 0 Å². The molecule has 0 fully saturated rings. The molecule has 0 saturated heterocycles. The number of hydrogen-bond acceptors (Lipinski definition) is 5. The average Bonchev–Trinajstić information content (AvgIpc) is 3.03. The fourth-order valence-electron chi connectivity index (χ4n) is 2.67. The van der Waals surface area contributed by atoms with Crippen molar-refractivity contribution in [3.8, 4) is 0 Å². The molecule has 23 heavy (non-hydrogen) atoms. The first-order valence-corrected chi connectivity index (χ1v) is 7.27. The van der Waals surface area contributed by atoms with Crippen LogP contribution in [0.15, 0.2) is 65.7 Å². The molecule has 5 nitrogen and oxygen atoms in total. The molecule has 2 atom stereocenters. The van der Waals surface area contributed by atoms with E-state index in [1.165, 1.54) is 7.11 Å². The van der Waals surface area contributed by atoms with Gasteiger partial charge < -0.3 is 14.6 Å². The maximum Gasteiger partial charge on any atom is 0.340 e. The molecule has 0 aromatic heterocycles. The lowest BCUT2D eigenvalue weighted by Gasteiger charge is -2.27. The van der Waals surface area contributed by atoms with Crippen LogP contribution in [0.1, 0.15) is 17.2 Å². The molecule has 0 bridgehead atoms. The number of nitrogens with zero attached hydrogens (tertiary/aromatic N) is 1. The highest BCUT2D eigenvalue weighted by Gasteiger charge is 2.54. The van der Waals surface area contributed by atoms with Crippen LogP contribution in [-0.4, -0.2) is 36.2 Å². The van der Waals surface area contributed by atoms with Crippen LogP contribution < -0.4 is 0 Å². The maximum atomic E-state index is 12.4. The van der Waals surface area contributed by atoms with Crippen LogP contribution in [0.4, 0.5) is 0 Å². The summed E-state index contributed by atoms with van der Waals surface area (Å²) < 4.78 is 10.8. The summed E-state index contributed by atoms with van der Waals surface area (Å²) in [5.74, 6) is -0.307. The van der Waals surface area contributed by atoms with Gasteiger partial charge in [-0.3, -0.25) is 0 Å². The molecular formula is C18H17NO4. The van der Waals surface area contributed by atoms with Crippen LogP contribution in [0.2, 0.25) is 0 Å². The number of carbonyl (C=O) groups excluding carboxylic acids is 1. The first kappa shape index (κ1) is 15.2. The van der Waals surface area contributed by atoms with Gasteiger partial charge in [0.2, 0.25) is 11.4 Å². The Kier molecular flexibility index (Phi) is 4.12. The summed E-state index contributed by atoms with van der Waals surface area (Å²) in [5.41, 5.74) is -0.00402. The smallest absolute Gasteiger partial charge is 0.340 e. The molecule has 1 aliphatic rings. The Hall–Kier alpha value is -2.66. The number of hydrogen-bond donors (Lipinski definition) is 1. The number of aliphatic hydroxyl groups is 1. The molecule has 0 amide bonds. The minimum atomic E-state index is -1.50. The molecule has 5 heteroatoms. The van der Waals surface area contributed by atoms with Gasteiger partial charge >= 0.3 is 5.97 Å². The SMILES string of the molecule is COC(=O)[C@@]1(CO)N=C(c2ccccc2)O[C@H]1c1ccccc1. The Morgan fingerprint density at radius 3 is 2.35 bits per heavy atom. The predicted molar refractivity (Wildman–Crippen MR) is 85.1 cm³/mol. The number of rotatable bonds is 4. The number of benzene rings is 2. The molecule has 0 aliphatic carbocycles. The zero-order chi connectivity index (χ0) is 16.3. The number of ether oxygens (including phenoxy) is 2. The summed E-state index contributed by atoms with van der Waals surface area (Å²) in [7, 11) is 1.28. The summed E-state index contributed by atoms with van der Waals surface area (Å²) >= 11 is 0. The predicted octanol–water partition coefficient (Wildman–Crippen LogP) is 2.11. The van der Waals surface area contributed by atoms with E-state index in [0.717, 1.165) is 11.1 Å². The lowest BCUT2D eigenvalue weighted by atomic mass is 9.89. The largest absolute Gasteiger partial charge is 0.467 e. The van der Waals surface area contributed by atoms with Gasteiger partial charge in [0.1, 0.15) is 0 Å². The summed E-state index contributed by atoms with van der Waals surface area (Å²) in [4.78, 5) is 16.8. The van der Waals surface area contributed by atoms with E-state index in [0.29, 0.717) is 5.90 Å². The zero-order valence-electron chi connectivity index (χ0n) is 12.7. The monoisotopic (exact) mass is 311 g/mol. The summed E-state index contributed by atoms with van der Waals surface area (Å²) in [6.07, 6.45) is -0.739.